The normalized spacial score (nSPS) is 26.9. The smallest absolute Gasteiger partial charge is 0.234 e. The van der Waals surface area contributed by atoms with E-state index in [1.54, 1.807) is 0 Å². The van der Waals surface area contributed by atoms with Gasteiger partial charge in [0, 0.05) is 19.1 Å². The molecular weight excluding hydrogens is 240 g/mol. The van der Waals surface area contributed by atoms with E-state index in [0.717, 1.165) is 32.1 Å². The third-order valence-electron chi connectivity index (χ3n) is 4.43. The molecule has 3 N–H and O–H groups in total. The second-order valence-electron chi connectivity index (χ2n) is 5.79. The number of hydrogen-bond acceptors (Lipinski definition) is 4. The summed E-state index contributed by atoms with van der Waals surface area (Å²) >= 11 is 0. The lowest BCUT2D eigenvalue weighted by Gasteiger charge is -2.24. The van der Waals surface area contributed by atoms with Gasteiger partial charge in [-0.1, -0.05) is 6.92 Å². The number of nitrogens with zero attached hydrogens (tertiary/aromatic N) is 2. The lowest BCUT2D eigenvalue weighted by Crippen LogP contribution is -2.43. The molecule has 2 unspecified atom stereocenters. The second-order valence-corrected chi connectivity index (χ2v) is 5.79. The van der Waals surface area contributed by atoms with Gasteiger partial charge in [-0.05, 0) is 51.9 Å². The number of rotatable bonds is 7. The van der Waals surface area contributed by atoms with E-state index in [9.17, 15) is 4.79 Å². The molecule has 2 heterocycles. The van der Waals surface area contributed by atoms with Crippen LogP contribution in [0.1, 0.15) is 32.6 Å². The van der Waals surface area contributed by atoms with Gasteiger partial charge in [-0.3, -0.25) is 9.69 Å². The zero-order chi connectivity index (χ0) is 13.7. The van der Waals surface area contributed by atoms with Crippen molar-refractivity contribution in [2.75, 3.05) is 39.3 Å². The number of carbonyl (C=O) groups excluding carboxylic acids is 1. The highest BCUT2D eigenvalue weighted by atomic mass is 16.1. The Hall–Kier alpha value is -0.650. The van der Waals surface area contributed by atoms with Crippen LogP contribution >= 0.6 is 0 Å². The number of amides is 1. The molecule has 0 aliphatic carbocycles. The SMILES string of the molecule is CCNC(CCN1CCC(N2CCCC2)C1)C(N)=O. The molecule has 5 nitrogen and oxygen atoms in total. The minimum absolute atomic E-state index is 0.171. The summed E-state index contributed by atoms with van der Waals surface area (Å²) in [6.45, 7) is 8.67. The third-order valence-corrected chi connectivity index (χ3v) is 4.43. The van der Waals surface area contributed by atoms with Gasteiger partial charge in [0.2, 0.25) is 5.91 Å². The minimum Gasteiger partial charge on any atom is -0.368 e. The molecule has 19 heavy (non-hydrogen) atoms. The van der Waals surface area contributed by atoms with E-state index in [1.807, 2.05) is 6.92 Å². The third kappa shape index (κ3) is 4.16. The Balaban J connectivity index is 1.70. The minimum atomic E-state index is -0.225. The van der Waals surface area contributed by atoms with Crippen LogP contribution in [0, 0.1) is 0 Å². The first-order valence-electron chi connectivity index (χ1n) is 7.69. The van der Waals surface area contributed by atoms with Crippen molar-refractivity contribution in [3.8, 4) is 0 Å². The van der Waals surface area contributed by atoms with Crippen LogP contribution in [0.2, 0.25) is 0 Å². The van der Waals surface area contributed by atoms with E-state index in [0.29, 0.717) is 0 Å². The lowest BCUT2D eigenvalue weighted by atomic mass is 10.2. The summed E-state index contributed by atoms with van der Waals surface area (Å²) in [7, 11) is 0. The van der Waals surface area contributed by atoms with Crippen LogP contribution in [0.4, 0.5) is 0 Å². The van der Waals surface area contributed by atoms with Crippen LogP contribution in [0.5, 0.6) is 0 Å². The number of likely N-dealkylation sites (N-methyl/N-ethyl adjacent to an activating group) is 1. The fraction of sp³-hybridized carbons (Fsp3) is 0.929. The Bertz CT molecular complexity index is 291. The van der Waals surface area contributed by atoms with Crippen LogP contribution in [0.15, 0.2) is 0 Å². The number of carbonyl (C=O) groups is 1. The van der Waals surface area contributed by atoms with Gasteiger partial charge in [-0.2, -0.15) is 0 Å². The molecule has 0 aromatic carbocycles. The standard InChI is InChI=1S/C14H28N4O/c1-2-16-13(14(15)19)6-10-17-9-5-12(11-17)18-7-3-4-8-18/h12-13,16H,2-11H2,1H3,(H2,15,19). The summed E-state index contributed by atoms with van der Waals surface area (Å²) in [4.78, 5) is 16.4. The molecule has 0 bridgehead atoms. The zero-order valence-electron chi connectivity index (χ0n) is 12.1. The van der Waals surface area contributed by atoms with Gasteiger partial charge in [0.05, 0.1) is 6.04 Å². The summed E-state index contributed by atoms with van der Waals surface area (Å²) in [5.74, 6) is -0.225. The molecule has 110 valence electrons. The highest BCUT2D eigenvalue weighted by molar-refractivity contribution is 5.79. The van der Waals surface area contributed by atoms with Gasteiger partial charge >= 0.3 is 0 Å². The van der Waals surface area contributed by atoms with Crippen LogP contribution in [0.3, 0.4) is 0 Å². The maximum absolute atomic E-state index is 11.3. The molecule has 5 heteroatoms. The van der Waals surface area contributed by atoms with Crippen LogP contribution in [-0.4, -0.2) is 67.1 Å². The largest absolute Gasteiger partial charge is 0.368 e. The lowest BCUT2D eigenvalue weighted by molar-refractivity contribution is -0.120. The number of likely N-dealkylation sites (tertiary alicyclic amines) is 2. The Kier molecular flexibility index (Phi) is 5.60. The van der Waals surface area contributed by atoms with Crippen LogP contribution in [-0.2, 0) is 4.79 Å². The number of nitrogens with two attached hydrogens (primary N) is 1. The Labute approximate surface area is 116 Å². The van der Waals surface area contributed by atoms with Gasteiger partial charge in [0.1, 0.15) is 0 Å². The summed E-state index contributed by atoms with van der Waals surface area (Å²) < 4.78 is 0. The van der Waals surface area contributed by atoms with Crippen molar-refractivity contribution in [1.82, 2.24) is 15.1 Å². The van der Waals surface area contributed by atoms with Crippen molar-refractivity contribution >= 4 is 5.91 Å². The molecule has 2 fully saturated rings. The topological polar surface area (TPSA) is 61.6 Å². The van der Waals surface area contributed by atoms with Gasteiger partial charge in [0.25, 0.3) is 0 Å². The first-order valence-corrected chi connectivity index (χ1v) is 7.69. The highest BCUT2D eigenvalue weighted by Gasteiger charge is 2.29. The average Bonchev–Trinajstić information content (AvgIpc) is 3.04. The molecule has 2 aliphatic rings. The van der Waals surface area contributed by atoms with Gasteiger partial charge < -0.3 is 16.0 Å². The average molecular weight is 268 g/mol. The molecule has 2 rings (SSSR count). The summed E-state index contributed by atoms with van der Waals surface area (Å²) in [6, 6.07) is 0.574. The fourth-order valence-electron chi connectivity index (χ4n) is 3.32. The maximum atomic E-state index is 11.3. The van der Waals surface area contributed by atoms with Crippen molar-refractivity contribution in [2.24, 2.45) is 5.73 Å². The number of primary amides is 1. The summed E-state index contributed by atoms with van der Waals surface area (Å²) in [6.07, 6.45) is 4.83. The molecule has 2 atom stereocenters. The van der Waals surface area contributed by atoms with Gasteiger partial charge in [-0.25, -0.2) is 0 Å². The molecule has 0 spiro atoms. The maximum Gasteiger partial charge on any atom is 0.234 e. The summed E-state index contributed by atoms with van der Waals surface area (Å²) in [5, 5.41) is 3.16. The monoisotopic (exact) mass is 268 g/mol. The van der Waals surface area contributed by atoms with Gasteiger partial charge in [-0.15, -0.1) is 0 Å². The van der Waals surface area contributed by atoms with E-state index >= 15 is 0 Å². The first-order chi connectivity index (χ1) is 9.20. The summed E-state index contributed by atoms with van der Waals surface area (Å²) in [5.41, 5.74) is 5.41. The predicted octanol–water partition coefficient (Wildman–Crippen LogP) is 0.0100. The number of nitrogens with one attached hydrogen (secondary N) is 1. The predicted molar refractivity (Wildman–Crippen MR) is 76.9 cm³/mol. The molecule has 0 aromatic rings. The zero-order valence-corrected chi connectivity index (χ0v) is 12.1. The van der Waals surface area contributed by atoms with E-state index in [1.165, 1.54) is 38.9 Å². The van der Waals surface area contributed by atoms with E-state index in [2.05, 4.69) is 15.1 Å². The van der Waals surface area contributed by atoms with E-state index < -0.39 is 0 Å². The van der Waals surface area contributed by atoms with Crippen molar-refractivity contribution in [1.29, 1.82) is 0 Å². The molecular formula is C14H28N4O. The molecule has 0 radical (unpaired) electrons. The van der Waals surface area contributed by atoms with Crippen molar-refractivity contribution in [3.05, 3.63) is 0 Å². The second kappa shape index (κ2) is 7.22. The molecule has 1 amide bonds. The Morgan fingerprint density at radius 3 is 2.74 bits per heavy atom. The quantitative estimate of drug-likeness (QED) is 0.683. The van der Waals surface area contributed by atoms with Crippen molar-refractivity contribution < 1.29 is 4.79 Å². The highest BCUT2D eigenvalue weighted by Crippen LogP contribution is 2.20. The Morgan fingerprint density at radius 1 is 1.37 bits per heavy atom. The molecule has 2 saturated heterocycles. The first kappa shape index (κ1) is 14.8. The van der Waals surface area contributed by atoms with E-state index in [4.69, 9.17) is 5.73 Å². The fourth-order valence-corrected chi connectivity index (χ4v) is 3.32. The van der Waals surface area contributed by atoms with Gasteiger partial charge in [0.15, 0.2) is 0 Å². The van der Waals surface area contributed by atoms with Crippen molar-refractivity contribution in [3.63, 3.8) is 0 Å². The van der Waals surface area contributed by atoms with Crippen LogP contribution in [0.25, 0.3) is 0 Å². The molecule has 0 aromatic heterocycles. The van der Waals surface area contributed by atoms with E-state index in [-0.39, 0.29) is 11.9 Å². The Morgan fingerprint density at radius 2 is 2.11 bits per heavy atom. The van der Waals surface area contributed by atoms with Crippen LogP contribution < -0.4 is 11.1 Å². The number of hydrogen-bond donors (Lipinski definition) is 2. The molecule has 2 aliphatic heterocycles. The van der Waals surface area contributed by atoms with Crippen molar-refractivity contribution in [2.45, 2.75) is 44.7 Å². The molecule has 0 saturated carbocycles.